The zero-order valence-corrected chi connectivity index (χ0v) is 14.9. The molecule has 0 saturated carbocycles. The first kappa shape index (κ1) is 17.4. The van der Waals surface area contributed by atoms with Crippen molar-refractivity contribution in [2.24, 2.45) is 0 Å². The van der Waals surface area contributed by atoms with Crippen molar-refractivity contribution in [3.8, 4) is 5.75 Å². The highest BCUT2D eigenvalue weighted by Gasteiger charge is 2.34. The summed E-state index contributed by atoms with van der Waals surface area (Å²) in [5.41, 5.74) is 0.756. The molecule has 25 heavy (non-hydrogen) atoms. The second-order valence-corrected chi connectivity index (χ2v) is 7.71. The van der Waals surface area contributed by atoms with Crippen molar-refractivity contribution in [1.82, 2.24) is 19.4 Å². The van der Waals surface area contributed by atoms with Crippen LogP contribution < -0.4 is 10.1 Å². The van der Waals surface area contributed by atoms with Gasteiger partial charge < -0.3 is 10.1 Å². The minimum atomic E-state index is -3.71. The number of benzene rings is 1. The fourth-order valence-corrected chi connectivity index (χ4v) is 4.40. The van der Waals surface area contributed by atoms with Crippen molar-refractivity contribution in [2.45, 2.75) is 23.9 Å². The van der Waals surface area contributed by atoms with Crippen LogP contribution in [0, 0.1) is 0 Å². The van der Waals surface area contributed by atoms with Gasteiger partial charge in [-0.3, -0.25) is 9.48 Å². The van der Waals surface area contributed by atoms with Gasteiger partial charge in [-0.05, 0) is 18.2 Å². The molecule has 0 bridgehead atoms. The number of ether oxygens (including phenoxy) is 1. The van der Waals surface area contributed by atoms with Crippen molar-refractivity contribution in [3.05, 3.63) is 42.2 Å². The molecule has 1 amide bonds. The summed E-state index contributed by atoms with van der Waals surface area (Å²) < 4.78 is 34.3. The molecule has 2 heterocycles. The van der Waals surface area contributed by atoms with Gasteiger partial charge in [0.2, 0.25) is 15.9 Å². The van der Waals surface area contributed by atoms with Crippen molar-refractivity contribution in [3.63, 3.8) is 0 Å². The minimum absolute atomic E-state index is 0.160. The monoisotopic (exact) mass is 364 g/mol. The molecule has 0 spiro atoms. The Bertz CT molecular complexity index is 878. The van der Waals surface area contributed by atoms with Gasteiger partial charge in [0.05, 0.1) is 36.7 Å². The molecule has 1 atom stereocenters. The van der Waals surface area contributed by atoms with E-state index in [1.54, 1.807) is 36.1 Å². The largest absolute Gasteiger partial charge is 0.497 e. The maximum absolute atomic E-state index is 13.0. The van der Waals surface area contributed by atoms with E-state index in [0.717, 1.165) is 5.69 Å². The molecule has 9 heteroatoms. The Hall–Kier alpha value is -2.39. The van der Waals surface area contributed by atoms with Crippen LogP contribution in [0.2, 0.25) is 0 Å². The molecule has 1 aliphatic rings. The van der Waals surface area contributed by atoms with E-state index in [1.165, 1.54) is 23.5 Å². The van der Waals surface area contributed by atoms with Gasteiger partial charge in [0.15, 0.2) is 0 Å². The lowest BCUT2D eigenvalue weighted by Crippen LogP contribution is -2.42. The lowest BCUT2D eigenvalue weighted by molar-refractivity contribution is -0.121. The highest BCUT2D eigenvalue weighted by Crippen LogP contribution is 2.29. The summed E-state index contributed by atoms with van der Waals surface area (Å²) in [5.74, 6) is 0.317. The van der Waals surface area contributed by atoms with Crippen LogP contribution in [-0.4, -0.2) is 49.1 Å². The maximum atomic E-state index is 13.0. The molecule has 3 rings (SSSR count). The molecule has 8 nitrogen and oxygen atoms in total. The highest BCUT2D eigenvalue weighted by atomic mass is 32.2. The van der Waals surface area contributed by atoms with Crippen LogP contribution in [-0.2, 0) is 21.4 Å². The van der Waals surface area contributed by atoms with Crippen molar-refractivity contribution in [2.75, 3.05) is 20.7 Å². The predicted octanol–water partition coefficient (Wildman–Crippen LogP) is 0.773. The number of rotatable bonds is 5. The first-order valence-corrected chi connectivity index (χ1v) is 9.27. The normalized spacial score (nSPS) is 17.8. The highest BCUT2D eigenvalue weighted by molar-refractivity contribution is 7.89. The van der Waals surface area contributed by atoms with E-state index >= 15 is 0 Å². The summed E-state index contributed by atoms with van der Waals surface area (Å²) in [6.07, 6.45) is 1.78. The number of hydrogen-bond donors (Lipinski definition) is 1. The van der Waals surface area contributed by atoms with E-state index < -0.39 is 10.0 Å². The lowest BCUT2D eigenvalue weighted by Gasteiger charge is -2.32. The number of aromatic nitrogens is 2. The van der Waals surface area contributed by atoms with Crippen LogP contribution >= 0.6 is 0 Å². The average Bonchev–Trinajstić information content (AvgIpc) is 3.10. The van der Waals surface area contributed by atoms with Gasteiger partial charge >= 0.3 is 0 Å². The summed E-state index contributed by atoms with van der Waals surface area (Å²) in [6, 6.07) is 7.79. The molecule has 1 aromatic carbocycles. The number of hydrogen-bond acceptors (Lipinski definition) is 5. The standard InChI is InChI=1S/C16H20N4O4S/c1-17-16(21)8-13-11-19(10-12-6-7-18-20(12)13)25(22,23)15-5-3-4-14(9-15)24-2/h3-7,9,13H,8,10-11H2,1-2H3,(H,17,21)/t13-/m1/s1. The molecule has 0 saturated heterocycles. The molecule has 0 aliphatic carbocycles. The number of sulfonamides is 1. The van der Waals surface area contributed by atoms with Gasteiger partial charge in [-0.25, -0.2) is 8.42 Å². The third-order valence-electron chi connectivity index (χ3n) is 4.23. The van der Waals surface area contributed by atoms with Gasteiger partial charge in [-0.2, -0.15) is 9.40 Å². The van der Waals surface area contributed by atoms with E-state index in [4.69, 9.17) is 4.74 Å². The average molecular weight is 364 g/mol. The lowest BCUT2D eigenvalue weighted by atomic mass is 10.1. The Balaban J connectivity index is 1.93. The van der Waals surface area contributed by atoms with E-state index in [0.29, 0.717) is 5.75 Å². The Morgan fingerprint density at radius 3 is 2.92 bits per heavy atom. The summed E-state index contributed by atoms with van der Waals surface area (Å²) in [5, 5.41) is 6.81. The summed E-state index contributed by atoms with van der Waals surface area (Å²) in [6.45, 7) is 0.394. The third kappa shape index (κ3) is 3.38. The second-order valence-electron chi connectivity index (χ2n) is 5.77. The Labute approximate surface area is 146 Å². The van der Waals surface area contributed by atoms with Crippen LogP contribution in [0.15, 0.2) is 41.4 Å². The smallest absolute Gasteiger partial charge is 0.243 e. The fraction of sp³-hybridized carbons (Fsp3) is 0.375. The minimum Gasteiger partial charge on any atom is -0.497 e. The quantitative estimate of drug-likeness (QED) is 0.846. The summed E-state index contributed by atoms with van der Waals surface area (Å²) in [7, 11) is -0.664. The third-order valence-corrected chi connectivity index (χ3v) is 6.04. The maximum Gasteiger partial charge on any atom is 0.243 e. The van der Waals surface area contributed by atoms with Crippen LogP contribution in [0.1, 0.15) is 18.2 Å². The van der Waals surface area contributed by atoms with Crippen molar-refractivity contribution in [1.29, 1.82) is 0 Å². The van der Waals surface area contributed by atoms with Crippen LogP contribution in [0.5, 0.6) is 5.75 Å². The SMILES string of the molecule is CNC(=O)C[C@@H]1CN(S(=O)(=O)c2cccc(OC)c2)Cc2ccnn21. The first-order chi connectivity index (χ1) is 12.0. The molecule has 0 fully saturated rings. The zero-order valence-electron chi connectivity index (χ0n) is 14.0. The van der Waals surface area contributed by atoms with Gasteiger partial charge in [0.25, 0.3) is 0 Å². The predicted molar refractivity (Wildman–Crippen MR) is 90.5 cm³/mol. The first-order valence-electron chi connectivity index (χ1n) is 7.83. The number of carbonyl (C=O) groups is 1. The van der Waals surface area contributed by atoms with Gasteiger partial charge in [-0.1, -0.05) is 6.07 Å². The van der Waals surface area contributed by atoms with Gasteiger partial charge in [0, 0.05) is 25.9 Å². The number of nitrogens with zero attached hydrogens (tertiary/aromatic N) is 3. The van der Waals surface area contributed by atoms with Crippen LogP contribution in [0.3, 0.4) is 0 Å². The van der Waals surface area contributed by atoms with Crippen molar-refractivity contribution >= 4 is 15.9 Å². The number of nitrogens with one attached hydrogen (secondary N) is 1. The molecule has 1 aromatic heterocycles. The van der Waals surface area contributed by atoms with Crippen molar-refractivity contribution < 1.29 is 17.9 Å². The molecule has 1 N–H and O–H groups in total. The van der Waals surface area contributed by atoms with E-state index in [9.17, 15) is 13.2 Å². The number of methoxy groups -OCH3 is 1. The van der Waals surface area contributed by atoms with Crippen LogP contribution in [0.25, 0.3) is 0 Å². The molecule has 0 unspecified atom stereocenters. The fourth-order valence-electron chi connectivity index (χ4n) is 2.91. The molecule has 0 radical (unpaired) electrons. The van der Waals surface area contributed by atoms with E-state index in [-0.39, 0.29) is 36.4 Å². The van der Waals surface area contributed by atoms with Gasteiger partial charge in [0.1, 0.15) is 5.75 Å². The van der Waals surface area contributed by atoms with E-state index in [1.807, 2.05) is 0 Å². The molecule has 134 valence electrons. The summed E-state index contributed by atoms with van der Waals surface area (Å²) >= 11 is 0. The Morgan fingerprint density at radius 2 is 2.20 bits per heavy atom. The van der Waals surface area contributed by atoms with Crippen LogP contribution in [0.4, 0.5) is 0 Å². The van der Waals surface area contributed by atoms with E-state index in [2.05, 4.69) is 10.4 Å². The Morgan fingerprint density at radius 1 is 1.40 bits per heavy atom. The number of fused-ring (bicyclic) bond motifs is 1. The molecular formula is C16H20N4O4S. The van der Waals surface area contributed by atoms with Gasteiger partial charge in [-0.15, -0.1) is 0 Å². The summed E-state index contributed by atoms with van der Waals surface area (Å²) in [4.78, 5) is 12.0. The second kappa shape index (κ2) is 6.85. The molecular weight excluding hydrogens is 344 g/mol. The number of amides is 1. The zero-order chi connectivity index (χ0) is 18.0. The molecule has 1 aliphatic heterocycles. The Kier molecular flexibility index (Phi) is 4.78. The molecule has 2 aromatic rings. The number of carbonyl (C=O) groups excluding carboxylic acids is 1. The topological polar surface area (TPSA) is 93.5 Å².